The van der Waals surface area contributed by atoms with Gasteiger partial charge in [0.25, 0.3) is 0 Å². The monoisotopic (exact) mass is 180 g/mol. The minimum Gasteiger partial charge on any atom is -0.473 e. The highest BCUT2D eigenvalue weighted by Crippen LogP contribution is 2.13. The Labute approximate surface area is 79.1 Å². The van der Waals surface area contributed by atoms with Crippen molar-refractivity contribution in [2.45, 2.75) is 20.0 Å². The molecule has 3 heteroatoms. The first-order valence-electron chi connectivity index (χ1n) is 4.47. The number of aryl methyl sites for hydroxylation is 1. The Morgan fingerprint density at radius 3 is 3.00 bits per heavy atom. The van der Waals surface area contributed by atoms with Crippen molar-refractivity contribution in [2.75, 3.05) is 13.6 Å². The molecule has 0 saturated carbocycles. The quantitative estimate of drug-likeness (QED) is 0.760. The second kappa shape index (κ2) is 4.82. The standard InChI is InChI=1S/C10H16N2O/c1-8-5-4-6-12-10(8)13-9(2)7-11-3/h4-6,9,11H,7H2,1-3H3. The number of nitrogens with zero attached hydrogens (tertiary/aromatic N) is 1. The molecule has 1 aromatic heterocycles. The van der Waals surface area contributed by atoms with Gasteiger partial charge in [-0.1, -0.05) is 6.07 Å². The Kier molecular flexibility index (Phi) is 3.71. The van der Waals surface area contributed by atoms with E-state index in [1.807, 2.05) is 33.0 Å². The zero-order chi connectivity index (χ0) is 9.68. The number of aromatic nitrogens is 1. The lowest BCUT2D eigenvalue weighted by Gasteiger charge is -2.14. The zero-order valence-electron chi connectivity index (χ0n) is 8.37. The molecule has 13 heavy (non-hydrogen) atoms. The molecule has 0 aliphatic rings. The molecule has 1 unspecified atom stereocenters. The van der Waals surface area contributed by atoms with E-state index in [0.29, 0.717) is 0 Å². The van der Waals surface area contributed by atoms with Crippen LogP contribution in [0.5, 0.6) is 5.88 Å². The Hall–Kier alpha value is -1.09. The molecule has 1 heterocycles. The largest absolute Gasteiger partial charge is 0.473 e. The van der Waals surface area contributed by atoms with Crippen LogP contribution in [0.3, 0.4) is 0 Å². The molecule has 0 spiro atoms. The predicted octanol–water partition coefficient (Wildman–Crippen LogP) is 1.38. The summed E-state index contributed by atoms with van der Waals surface area (Å²) in [6.07, 6.45) is 1.90. The maximum atomic E-state index is 5.61. The van der Waals surface area contributed by atoms with Gasteiger partial charge in [0.1, 0.15) is 6.10 Å². The van der Waals surface area contributed by atoms with Crippen molar-refractivity contribution in [1.82, 2.24) is 10.3 Å². The molecule has 0 saturated heterocycles. The van der Waals surface area contributed by atoms with Crippen LogP contribution >= 0.6 is 0 Å². The van der Waals surface area contributed by atoms with Gasteiger partial charge in [-0.15, -0.1) is 0 Å². The lowest BCUT2D eigenvalue weighted by atomic mass is 10.3. The first kappa shape index (κ1) is 9.99. The molecule has 0 amide bonds. The minimum atomic E-state index is 0.151. The molecule has 0 aliphatic heterocycles. The summed E-state index contributed by atoms with van der Waals surface area (Å²) in [5.41, 5.74) is 1.07. The summed E-state index contributed by atoms with van der Waals surface area (Å²) in [6.45, 7) is 4.84. The highest BCUT2D eigenvalue weighted by molar-refractivity contribution is 5.23. The number of hydrogen-bond donors (Lipinski definition) is 1. The molecule has 0 fully saturated rings. The van der Waals surface area contributed by atoms with Gasteiger partial charge in [-0.25, -0.2) is 4.98 Å². The Bertz CT molecular complexity index is 263. The van der Waals surface area contributed by atoms with Gasteiger partial charge in [0, 0.05) is 18.3 Å². The number of nitrogens with one attached hydrogen (secondary N) is 1. The molecule has 0 radical (unpaired) electrons. The average molecular weight is 180 g/mol. The van der Waals surface area contributed by atoms with Gasteiger partial charge < -0.3 is 10.1 Å². The number of hydrogen-bond acceptors (Lipinski definition) is 3. The maximum absolute atomic E-state index is 5.61. The van der Waals surface area contributed by atoms with Crippen LogP contribution in [0.25, 0.3) is 0 Å². The van der Waals surface area contributed by atoms with Gasteiger partial charge in [0.2, 0.25) is 5.88 Å². The lowest BCUT2D eigenvalue weighted by Crippen LogP contribution is -2.26. The fourth-order valence-corrected chi connectivity index (χ4v) is 1.11. The van der Waals surface area contributed by atoms with E-state index in [2.05, 4.69) is 10.3 Å². The molecule has 0 aromatic carbocycles. The number of likely N-dealkylation sites (N-methyl/N-ethyl adjacent to an activating group) is 1. The topological polar surface area (TPSA) is 34.1 Å². The summed E-state index contributed by atoms with van der Waals surface area (Å²) >= 11 is 0. The third kappa shape index (κ3) is 3.03. The summed E-state index contributed by atoms with van der Waals surface area (Å²) in [5.74, 6) is 0.727. The smallest absolute Gasteiger partial charge is 0.216 e. The fourth-order valence-electron chi connectivity index (χ4n) is 1.11. The van der Waals surface area contributed by atoms with E-state index in [1.165, 1.54) is 0 Å². The van der Waals surface area contributed by atoms with E-state index in [-0.39, 0.29) is 6.10 Å². The summed E-state index contributed by atoms with van der Waals surface area (Å²) in [7, 11) is 1.91. The van der Waals surface area contributed by atoms with E-state index >= 15 is 0 Å². The van der Waals surface area contributed by atoms with Crippen LogP contribution in [0.1, 0.15) is 12.5 Å². The van der Waals surface area contributed by atoms with Crippen LogP contribution < -0.4 is 10.1 Å². The van der Waals surface area contributed by atoms with Gasteiger partial charge in [-0.2, -0.15) is 0 Å². The highest BCUT2D eigenvalue weighted by atomic mass is 16.5. The van der Waals surface area contributed by atoms with Crippen LogP contribution in [0.4, 0.5) is 0 Å². The predicted molar refractivity (Wildman–Crippen MR) is 53.0 cm³/mol. The second-order valence-electron chi connectivity index (χ2n) is 3.11. The van der Waals surface area contributed by atoms with E-state index < -0.39 is 0 Å². The number of pyridine rings is 1. The Balaban J connectivity index is 2.58. The molecule has 72 valence electrons. The van der Waals surface area contributed by atoms with Gasteiger partial charge in [0.05, 0.1) is 0 Å². The Morgan fingerprint density at radius 2 is 2.38 bits per heavy atom. The fraction of sp³-hybridized carbons (Fsp3) is 0.500. The molecular formula is C10H16N2O. The van der Waals surface area contributed by atoms with Crippen molar-refractivity contribution >= 4 is 0 Å². The van der Waals surface area contributed by atoms with Crippen LogP contribution in [-0.4, -0.2) is 24.7 Å². The van der Waals surface area contributed by atoms with Crippen molar-refractivity contribution < 1.29 is 4.74 Å². The summed E-state index contributed by atoms with van der Waals surface area (Å²) in [6, 6.07) is 3.90. The van der Waals surface area contributed by atoms with Crippen molar-refractivity contribution in [3.8, 4) is 5.88 Å². The van der Waals surface area contributed by atoms with Crippen molar-refractivity contribution in [2.24, 2.45) is 0 Å². The average Bonchev–Trinajstić information content (AvgIpc) is 2.09. The first-order chi connectivity index (χ1) is 6.24. The van der Waals surface area contributed by atoms with Crippen LogP contribution in [0, 0.1) is 6.92 Å². The summed E-state index contributed by atoms with van der Waals surface area (Å²) < 4.78 is 5.61. The molecule has 3 nitrogen and oxygen atoms in total. The van der Waals surface area contributed by atoms with Crippen molar-refractivity contribution in [3.63, 3.8) is 0 Å². The minimum absolute atomic E-state index is 0.151. The molecule has 0 aliphatic carbocycles. The molecule has 1 atom stereocenters. The van der Waals surface area contributed by atoms with Crippen LogP contribution in [-0.2, 0) is 0 Å². The van der Waals surface area contributed by atoms with Crippen molar-refractivity contribution in [1.29, 1.82) is 0 Å². The number of rotatable bonds is 4. The maximum Gasteiger partial charge on any atom is 0.216 e. The van der Waals surface area contributed by atoms with Crippen LogP contribution in [0.15, 0.2) is 18.3 Å². The molecular weight excluding hydrogens is 164 g/mol. The third-order valence-electron chi connectivity index (χ3n) is 1.77. The summed E-state index contributed by atoms with van der Waals surface area (Å²) in [5, 5.41) is 3.05. The van der Waals surface area contributed by atoms with Gasteiger partial charge in [-0.3, -0.25) is 0 Å². The molecule has 1 aromatic rings. The molecule has 1 rings (SSSR count). The van der Waals surface area contributed by atoms with E-state index in [0.717, 1.165) is 18.0 Å². The molecule has 0 bridgehead atoms. The molecule has 1 N–H and O–H groups in total. The van der Waals surface area contributed by atoms with Gasteiger partial charge in [-0.05, 0) is 27.0 Å². The lowest BCUT2D eigenvalue weighted by molar-refractivity contribution is 0.210. The highest BCUT2D eigenvalue weighted by Gasteiger charge is 2.04. The number of ether oxygens (including phenoxy) is 1. The van der Waals surface area contributed by atoms with Crippen LogP contribution in [0.2, 0.25) is 0 Å². The normalized spacial score (nSPS) is 12.5. The third-order valence-corrected chi connectivity index (χ3v) is 1.77. The first-order valence-corrected chi connectivity index (χ1v) is 4.47. The van der Waals surface area contributed by atoms with Gasteiger partial charge >= 0.3 is 0 Å². The zero-order valence-corrected chi connectivity index (χ0v) is 8.37. The summed E-state index contributed by atoms with van der Waals surface area (Å²) in [4.78, 5) is 4.15. The van der Waals surface area contributed by atoms with E-state index in [9.17, 15) is 0 Å². The van der Waals surface area contributed by atoms with Crippen molar-refractivity contribution in [3.05, 3.63) is 23.9 Å². The Morgan fingerprint density at radius 1 is 1.62 bits per heavy atom. The van der Waals surface area contributed by atoms with E-state index in [4.69, 9.17) is 4.74 Å². The second-order valence-corrected chi connectivity index (χ2v) is 3.11. The van der Waals surface area contributed by atoms with E-state index in [1.54, 1.807) is 6.20 Å². The SMILES string of the molecule is CNCC(C)Oc1ncccc1C. The van der Waals surface area contributed by atoms with Gasteiger partial charge in [0.15, 0.2) is 0 Å².